The first-order valence-corrected chi connectivity index (χ1v) is 7.24. The molecule has 1 N–H and O–H groups in total. The second kappa shape index (κ2) is 4.85. The molecule has 2 atom stereocenters. The average Bonchev–Trinajstić information content (AvgIpc) is 2.92. The molecule has 2 heterocycles. The van der Waals surface area contributed by atoms with Gasteiger partial charge in [0.15, 0.2) is 0 Å². The van der Waals surface area contributed by atoms with Gasteiger partial charge in [-0.15, -0.1) is 0 Å². The molecule has 1 aromatic carbocycles. The third kappa shape index (κ3) is 2.22. The van der Waals surface area contributed by atoms with E-state index in [2.05, 4.69) is 19.2 Å². The normalized spacial score (nSPS) is 27.6. The smallest absolute Gasteiger partial charge is 0.227 e. The Balaban J connectivity index is 1.75. The van der Waals surface area contributed by atoms with Crippen LogP contribution in [0.15, 0.2) is 24.3 Å². The van der Waals surface area contributed by atoms with Crippen molar-refractivity contribution in [1.82, 2.24) is 10.2 Å². The number of nitrogens with zero attached hydrogens (tertiary/aromatic N) is 1. The summed E-state index contributed by atoms with van der Waals surface area (Å²) in [6, 6.07) is 6.32. The minimum absolute atomic E-state index is 0.106. The number of carbonyl (C=O) groups excluding carboxylic acids is 1. The van der Waals surface area contributed by atoms with Gasteiger partial charge in [-0.3, -0.25) is 4.79 Å². The number of rotatable bonds is 2. The zero-order valence-electron chi connectivity index (χ0n) is 12.0. The maximum atomic E-state index is 13.2. The minimum atomic E-state index is -0.281. The highest BCUT2D eigenvalue weighted by atomic mass is 19.1. The number of nitrogens with one attached hydrogen (secondary N) is 1. The van der Waals surface area contributed by atoms with Crippen LogP contribution in [0.3, 0.4) is 0 Å². The van der Waals surface area contributed by atoms with Gasteiger partial charge in [-0.05, 0) is 43.4 Å². The number of fused-ring (bicyclic) bond motifs is 1. The molecule has 0 radical (unpaired) electrons. The van der Waals surface area contributed by atoms with E-state index in [0.29, 0.717) is 11.8 Å². The molecule has 1 amide bonds. The van der Waals surface area contributed by atoms with Gasteiger partial charge in [0.1, 0.15) is 5.82 Å². The molecule has 0 spiro atoms. The van der Waals surface area contributed by atoms with Crippen molar-refractivity contribution in [3.05, 3.63) is 35.6 Å². The zero-order valence-corrected chi connectivity index (χ0v) is 12.0. The van der Waals surface area contributed by atoms with Gasteiger partial charge < -0.3 is 10.2 Å². The molecule has 0 aliphatic carbocycles. The molecule has 2 saturated heterocycles. The Bertz CT molecular complexity index is 529. The SMILES string of the molecule is CC1(C)C2CNCC2CN1C(=O)Cc1cccc(F)c1. The number of hydrogen-bond acceptors (Lipinski definition) is 2. The van der Waals surface area contributed by atoms with E-state index in [-0.39, 0.29) is 23.7 Å². The second-order valence-corrected chi connectivity index (χ2v) is 6.49. The summed E-state index contributed by atoms with van der Waals surface area (Å²) in [5.41, 5.74) is 0.638. The molecular weight excluding hydrogens is 255 g/mol. The largest absolute Gasteiger partial charge is 0.337 e. The van der Waals surface area contributed by atoms with Crippen LogP contribution < -0.4 is 5.32 Å². The molecular formula is C16H21FN2O. The highest BCUT2D eigenvalue weighted by Crippen LogP contribution is 2.40. The first-order valence-electron chi connectivity index (χ1n) is 7.24. The van der Waals surface area contributed by atoms with Gasteiger partial charge in [0.05, 0.1) is 6.42 Å². The van der Waals surface area contributed by atoms with Crippen molar-refractivity contribution in [2.75, 3.05) is 19.6 Å². The molecule has 2 aliphatic rings. The van der Waals surface area contributed by atoms with Crippen LogP contribution in [-0.2, 0) is 11.2 Å². The monoisotopic (exact) mass is 276 g/mol. The van der Waals surface area contributed by atoms with Crippen LogP contribution in [-0.4, -0.2) is 36.0 Å². The van der Waals surface area contributed by atoms with Gasteiger partial charge in [-0.25, -0.2) is 4.39 Å². The Hall–Kier alpha value is -1.42. The Morgan fingerprint density at radius 2 is 2.25 bits per heavy atom. The van der Waals surface area contributed by atoms with Crippen molar-refractivity contribution in [2.24, 2.45) is 11.8 Å². The summed E-state index contributed by atoms with van der Waals surface area (Å²) in [4.78, 5) is 14.5. The minimum Gasteiger partial charge on any atom is -0.337 e. The number of amides is 1. The zero-order chi connectivity index (χ0) is 14.3. The lowest BCUT2D eigenvalue weighted by Gasteiger charge is -2.35. The maximum absolute atomic E-state index is 13.2. The van der Waals surface area contributed by atoms with E-state index in [1.54, 1.807) is 6.07 Å². The van der Waals surface area contributed by atoms with Crippen molar-refractivity contribution >= 4 is 5.91 Å². The third-order valence-corrected chi connectivity index (χ3v) is 4.91. The molecule has 20 heavy (non-hydrogen) atoms. The van der Waals surface area contributed by atoms with Crippen molar-refractivity contribution in [1.29, 1.82) is 0 Å². The fraction of sp³-hybridized carbons (Fsp3) is 0.562. The summed E-state index contributed by atoms with van der Waals surface area (Å²) >= 11 is 0. The second-order valence-electron chi connectivity index (χ2n) is 6.49. The predicted molar refractivity (Wildman–Crippen MR) is 75.7 cm³/mol. The Morgan fingerprint density at radius 3 is 2.95 bits per heavy atom. The number of hydrogen-bond donors (Lipinski definition) is 1. The first-order chi connectivity index (χ1) is 9.48. The van der Waals surface area contributed by atoms with Gasteiger partial charge in [-0.2, -0.15) is 0 Å². The lowest BCUT2D eigenvalue weighted by atomic mass is 9.85. The summed E-state index contributed by atoms with van der Waals surface area (Å²) in [5, 5.41) is 3.41. The molecule has 2 fully saturated rings. The Morgan fingerprint density at radius 1 is 1.45 bits per heavy atom. The number of likely N-dealkylation sites (tertiary alicyclic amines) is 1. The number of benzene rings is 1. The van der Waals surface area contributed by atoms with Gasteiger partial charge >= 0.3 is 0 Å². The van der Waals surface area contributed by atoms with Crippen LogP contribution in [0.25, 0.3) is 0 Å². The lowest BCUT2D eigenvalue weighted by molar-refractivity contribution is -0.134. The quantitative estimate of drug-likeness (QED) is 0.893. The Labute approximate surface area is 119 Å². The van der Waals surface area contributed by atoms with E-state index in [9.17, 15) is 9.18 Å². The van der Waals surface area contributed by atoms with Gasteiger partial charge in [0.2, 0.25) is 5.91 Å². The molecule has 0 aromatic heterocycles. The number of halogens is 1. The molecule has 4 heteroatoms. The molecule has 3 rings (SSSR count). The van der Waals surface area contributed by atoms with E-state index in [4.69, 9.17) is 0 Å². The molecule has 2 aliphatic heterocycles. The summed E-state index contributed by atoms with van der Waals surface area (Å²) in [7, 11) is 0. The summed E-state index contributed by atoms with van der Waals surface area (Å²) < 4.78 is 13.2. The van der Waals surface area contributed by atoms with E-state index in [1.807, 2.05) is 11.0 Å². The average molecular weight is 276 g/mol. The molecule has 0 bridgehead atoms. The van der Waals surface area contributed by atoms with Gasteiger partial charge in [-0.1, -0.05) is 12.1 Å². The van der Waals surface area contributed by atoms with Crippen molar-refractivity contribution in [3.8, 4) is 0 Å². The van der Waals surface area contributed by atoms with Crippen molar-refractivity contribution < 1.29 is 9.18 Å². The van der Waals surface area contributed by atoms with Crippen LogP contribution in [0.2, 0.25) is 0 Å². The van der Waals surface area contributed by atoms with Crippen molar-refractivity contribution in [2.45, 2.75) is 25.8 Å². The number of carbonyl (C=O) groups is 1. The fourth-order valence-electron chi connectivity index (χ4n) is 3.76. The molecule has 2 unspecified atom stereocenters. The highest BCUT2D eigenvalue weighted by molar-refractivity contribution is 5.80. The molecule has 108 valence electrons. The van der Waals surface area contributed by atoms with Crippen LogP contribution in [0.5, 0.6) is 0 Å². The van der Waals surface area contributed by atoms with Crippen LogP contribution in [0.1, 0.15) is 19.4 Å². The topological polar surface area (TPSA) is 32.3 Å². The van der Waals surface area contributed by atoms with Gasteiger partial charge in [0.25, 0.3) is 0 Å². The standard InChI is InChI=1S/C16H21FN2O/c1-16(2)14-9-18-8-12(14)10-19(16)15(20)7-11-4-3-5-13(17)6-11/h3-6,12,14,18H,7-10H2,1-2H3. The predicted octanol–water partition coefficient (Wildman–Crippen LogP) is 1.82. The van der Waals surface area contributed by atoms with E-state index in [0.717, 1.165) is 25.2 Å². The van der Waals surface area contributed by atoms with E-state index in [1.165, 1.54) is 12.1 Å². The molecule has 1 aromatic rings. The lowest BCUT2D eigenvalue weighted by Crippen LogP contribution is -2.48. The van der Waals surface area contributed by atoms with Crippen molar-refractivity contribution in [3.63, 3.8) is 0 Å². The third-order valence-electron chi connectivity index (χ3n) is 4.91. The van der Waals surface area contributed by atoms with E-state index >= 15 is 0 Å². The fourth-order valence-corrected chi connectivity index (χ4v) is 3.76. The van der Waals surface area contributed by atoms with Crippen LogP contribution in [0.4, 0.5) is 4.39 Å². The van der Waals surface area contributed by atoms with Crippen LogP contribution in [0, 0.1) is 17.7 Å². The molecule has 0 saturated carbocycles. The van der Waals surface area contributed by atoms with Crippen LogP contribution >= 0.6 is 0 Å². The highest BCUT2D eigenvalue weighted by Gasteiger charge is 2.50. The summed E-state index contributed by atoms with van der Waals surface area (Å²) in [6.45, 7) is 7.10. The van der Waals surface area contributed by atoms with Gasteiger partial charge in [0, 0.05) is 25.2 Å². The molecule has 3 nitrogen and oxygen atoms in total. The maximum Gasteiger partial charge on any atom is 0.227 e. The summed E-state index contributed by atoms with van der Waals surface area (Å²) in [5.74, 6) is 0.910. The van der Waals surface area contributed by atoms with E-state index < -0.39 is 0 Å². The first kappa shape index (κ1) is 13.6. The summed E-state index contributed by atoms with van der Waals surface area (Å²) in [6.07, 6.45) is 0.286. The Kier molecular flexibility index (Phi) is 3.28.